The van der Waals surface area contributed by atoms with Crippen molar-refractivity contribution in [2.24, 2.45) is 5.92 Å². The van der Waals surface area contributed by atoms with E-state index in [1.807, 2.05) is 6.08 Å². The molecule has 0 bridgehead atoms. The summed E-state index contributed by atoms with van der Waals surface area (Å²) in [5.41, 5.74) is 1.00. The van der Waals surface area contributed by atoms with E-state index >= 15 is 0 Å². The Morgan fingerprint density at radius 1 is 1.43 bits per heavy atom. The Balaban J connectivity index is 1.99. The lowest BCUT2D eigenvalue weighted by atomic mass is 10.1. The molecule has 0 radical (unpaired) electrons. The molecule has 0 spiro atoms. The second-order valence-corrected chi connectivity index (χ2v) is 3.74. The van der Waals surface area contributed by atoms with Gasteiger partial charge < -0.3 is 5.32 Å². The van der Waals surface area contributed by atoms with Crippen LogP contribution in [0.2, 0.25) is 5.28 Å². The second-order valence-electron chi connectivity index (χ2n) is 3.40. The van der Waals surface area contributed by atoms with Crippen molar-refractivity contribution in [2.45, 2.75) is 6.42 Å². The lowest BCUT2D eigenvalue weighted by molar-refractivity contribution is 0.731. The van der Waals surface area contributed by atoms with Gasteiger partial charge in [0.1, 0.15) is 0 Å². The molecule has 1 aliphatic heterocycles. The minimum atomic E-state index is 0.296. The first-order chi connectivity index (χ1) is 6.84. The summed E-state index contributed by atoms with van der Waals surface area (Å²) in [6.45, 7) is 2.19. The van der Waals surface area contributed by atoms with E-state index in [0.717, 1.165) is 18.7 Å². The van der Waals surface area contributed by atoms with Crippen molar-refractivity contribution in [3.63, 3.8) is 0 Å². The Morgan fingerprint density at radius 3 is 2.86 bits per heavy atom. The normalized spacial score (nSPS) is 21.9. The van der Waals surface area contributed by atoms with Gasteiger partial charge >= 0.3 is 0 Å². The highest BCUT2D eigenvalue weighted by Crippen LogP contribution is 2.11. The molecular formula is C10H12ClN3. The van der Waals surface area contributed by atoms with Crippen LogP contribution in [-0.2, 0) is 0 Å². The van der Waals surface area contributed by atoms with Gasteiger partial charge in [0.2, 0.25) is 5.28 Å². The molecule has 74 valence electrons. The van der Waals surface area contributed by atoms with Gasteiger partial charge in [-0.05, 0) is 30.5 Å². The molecule has 1 unspecified atom stereocenters. The van der Waals surface area contributed by atoms with Crippen LogP contribution >= 0.6 is 11.6 Å². The molecule has 3 nitrogen and oxygen atoms in total. The molecule has 1 aromatic heterocycles. The van der Waals surface area contributed by atoms with Crippen molar-refractivity contribution >= 4 is 17.7 Å². The highest BCUT2D eigenvalue weighted by Gasteiger charge is 2.09. The van der Waals surface area contributed by atoms with Crippen LogP contribution in [0.25, 0.3) is 6.08 Å². The molecule has 4 heteroatoms. The molecule has 2 heterocycles. The number of rotatable bonds is 2. The predicted molar refractivity (Wildman–Crippen MR) is 57.1 cm³/mol. The highest BCUT2D eigenvalue weighted by molar-refractivity contribution is 6.28. The molecule has 1 saturated heterocycles. The molecule has 1 N–H and O–H groups in total. The van der Waals surface area contributed by atoms with E-state index in [1.54, 1.807) is 12.4 Å². The summed E-state index contributed by atoms with van der Waals surface area (Å²) in [4.78, 5) is 7.82. The maximum absolute atomic E-state index is 5.58. The number of nitrogens with one attached hydrogen (secondary N) is 1. The van der Waals surface area contributed by atoms with E-state index in [1.165, 1.54) is 6.42 Å². The average molecular weight is 210 g/mol. The first-order valence-electron chi connectivity index (χ1n) is 4.71. The number of hydrogen-bond acceptors (Lipinski definition) is 3. The molecule has 0 saturated carbocycles. The van der Waals surface area contributed by atoms with Gasteiger partial charge in [-0.1, -0.05) is 12.2 Å². The maximum atomic E-state index is 5.58. The van der Waals surface area contributed by atoms with E-state index in [9.17, 15) is 0 Å². The quantitative estimate of drug-likeness (QED) is 0.755. The van der Waals surface area contributed by atoms with Gasteiger partial charge in [0, 0.05) is 24.5 Å². The van der Waals surface area contributed by atoms with Gasteiger partial charge in [-0.3, -0.25) is 0 Å². The van der Waals surface area contributed by atoms with Crippen molar-refractivity contribution in [1.82, 2.24) is 15.3 Å². The molecule has 0 aliphatic carbocycles. The van der Waals surface area contributed by atoms with Crippen LogP contribution in [0.15, 0.2) is 18.5 Å². The van der Waals surface area contributed by atoms with E-state index in [4.69, 9.17) is 11.6 Å². The summed E-state index contributed by atoms with van der Waals surface area (Å²) >= 11 is 5.58. The van der Waals surface area contributed by atoms with Gasteiger partial charge in [0.15, 0.2) is 0 Å². The maximum Gasteiger partial charge on any atom is 0.222 e. The van der Waals surface area contributed by atoms with Gasteiger partial charge in [0.05, 0.1) is 0 Å². The van der Waals surface area contributed by atoms with E-state index in [2.05, 4.69) is 21.4 Å². The van der Waals surface area contributed by atoms with Crippen LogP contribution in [0.4, 0.5) is 0 Å². The zero-order valence-electron chi connectivity index (χ0n) is 7.78. The van der Waals surface area contributed by atoms with Crippen molar-refractivity contribution in [2.75, 3.05) is 13.1 Å². The molecule has 1 atom stereocenters. The Bertz CT molecular complexity index is 315. The first kappa shape index (κ1) is 9.62. The SMILES string of the molecule is Clc1ncc(/C=C/C2CCNC2)cn1. The average Bonchev–Trinajstić information content (AvgIpc) is 2.70. The summed E-state index contributed by atoms with van der Waals surface area (Å²) in [6, 6.07) is 0. The van der Waals surface area contributed by atoms with Crippen LogP contribution in [-0.4, -0.2) is 23.1 Å². The molecule has 1 aliphatic rings. The molecule has 14 heavy (non-hydrogen) atoms. The van der Waals surface area contributed by atoms with E-state index < -0.39 is 0 Å². The fourth-order valence-electron chi connectivity index (χ4n) is 1.50. The van der Waals surface area contributed by atoms with Crippen LogP contribution in [0.1, 0.15) is 12.0 Å². The minimum Gasteiger partial charge on any atom is -0.316 e. The van der Waals surface area contributed by atoms with Gasteiger partial charge in [-0.15, -0.1) is 0 Å². The third-order valence-corrected chi connectivity index (χ3v) is 2.49. The Morgan fingerprint density at radius 2 is 2.21 bits per heavy atom. The van der Waals surface area contributed by atoms with Crippen LogP contribution in [0.5, 0.6) is 0 Å². The Hall–Kier alpha value is -0.930. The number of aromatic nitrogens is 2. The van der Waals surface area contributed by atoms with Crippen LogP contribution < -0.4 is 5.32 Å². The van der Waals surface area contributed by atoms with Crippen LogP contribution in [0, 0.1) is 5.92 Å². The predicted octanol–water partition coefficient (Wildman–Crippen LogP) is 1.75. The summed E-state index contributed by atoms with van der Waals surface area (Å²) in [6.07, 6.45) is 8.92. The fraction of sp³-hybridized carbons (Fsp3) is 0.400. The largest absolute Gasteiger partial charge is 0.316 e. The number of halogens is 1. The standard InChI is InChI=1S/C10H12ClN3/c11-10-13-6-9(7-14-10)2-1-8-3-4-12-5-8/h1-2,6-8,12H,3-5H2/b2-1+. The fourth-order valence-corrected chi connectivity index (χ4v) is 1.59. The Kier molecular flexibility index (Phi) is 3.11. The summed E-state index contributed by atoms with van der Waals surface area (Å²) in [5.74, 6) is 0.644. The first-order valence-corrected chi connectivity index (χ1v) is 5.09. The summed E-state index contributed by atoms with van der Waals surface area (Å²) in [7, 11) is 0. The lowest BCUT2D eigenvalue weighted by Crippen LogP contribution is -2.07. The van der Waals surface area contributed by atoms with E-state index in [-0.39, 0.29) is 0 Å². The molecule has 2 rings (SSSR count). The second kappa shape index (κ2) is 4.53. The topological polar surface area (TPSA) is 37.8 Å². The van der Waals surface area contributed by atoms with Crippen molar-refractivity contribution < 1.29 is 0 Å². The molecule has 0 aromatic carbocycles. The molecular weight excluding hydrogens is 198 g/mol. The third kappa shape index (κ3) is 2.53. The minimum absolute atomic E-state index is 0.296. The van der Waals surface area contributed by atoms with Gasteiger partial charge in [-0.2, -0.15) is 0 Å². The molecule has 1 aromatic rings. The molecule has 1 fully saturated rings. The monoisotopic (exact) mass is 209 g/mol. The third-order valence-electron chi connectivity index (χ3n) is 2.30. The number of nitrogens with zero attached hydrogens (tertiary/aromatic N) is 2. The van der Waals surface area contributed by atoms with Gasteiger partial charge in [-0.25, -0.2) is 9.97 Å². The summed E-state index contributed by atoms with van der Waals surface area (Å²) in [5, 5.41) is 3.61. The highest BCUT2D eigenvalue weighted by atomic mass is 35.5. The van der Waals surface area contributed by atoms with Gasteiger partial charge in [0.25, 0.3) is 0 Å². The van der Waals surface area contributed by atoms with E-state index in [0.29, 0.717) is 11.2 Å². The van der Waals surface area contributed by atoms with Crippen LogP contribution in [0.3, 0.4) is 0 Å². The van der Waals surface area contributed by atoms with Crippen molar-refractivity contribution in [3.8, 4) is 0 Å². The zero-order valence-corrected chi connectivity index (χ0v) is 8.54. The lowest BCUT2D eigenvalue weighted by Gasteiger charge is -1.98. The Labute approximate surface area is 88.2 Å². The molecule has 0 amide bonds. The summed E-state index contributed by atoms with van der Waals surface area (Å²) < 4.78 is 0. The van der Waals surface area contributed by atoms with Crippen molar-refractivity contribution in [3.05, 3.63) is 29.3 Å². The van der Waals surface area contributed by atoms with Crippen molar-refractivity contribution in [1.29, 1.82) is 0 Å². The smallest absolute Gasteiger partial charge is 0.222 e. The zero-order chi connectivity index (χ0) is 9.80. The number of hydrogen-bond donors (Lipinski definition) is 1.